The summed E-state index contributed by atoms with van der Waals surface area (Å²) in [5.74, 6) is 0.1000. The van der Waals surface area contributed by atoms with Crippen molar-refractivity contribution in [1.82, 2.24) is 25.5 Å². The predicted molar refractivity (Wildman–Crippen MR) is 107 cm³/mol. The van der Waals surface area contributed by atoms with Crippen LogP contribution in [0.5, 0.6) is 0 Å². The van der Waals surface area contributed by atoms with E-state index in [1.54, 1.807) is 4.68 Å². The first kappa shape index (κ1) is 19.4. The summed E-state index contributed by atoms with van der Waals surface area (Å²) in [6.45, 7) is 5.97. The van der Waals surface area contributed by atoms with Crippen LogP contribution in [-0.4, -0.2) is 31.9 Å². The molecule has 0 aliphatic carbocycles. The number of nitrogens with zero attached hydrogens (tertiary/aromatic N) is 4. The third-order valence-corrected chi connectivity index (χ3v) is 5.59. The van der Waals surface area contributed by atoms with Crippen molar-refractivity contribution >= 4 is 29.3 Å². The molecule has 1 heterocycles. The first-order chi connectivity index (χ1) is 13.0. The van der Waals surface area contributed by atoms with Gasteiger partial charge in [0, 0.05) is 5.02 Å². The maximum absolute atomic E-state index is 12.3. The number of benzene rings is 2. The Morgan fingerprint density at radius 1 is 1.22 bits per heavy atom. The zero-order valence-electron chi connectivity index (χ0n) is 15.3. The number of amides is 1. The first-order valence-corrected chi connectivity index (χ1v) is 9.85. The van der Waals surface area contributed by atoms with Crippen LogP contribution in [0.1, 0.15) is 29.7 Å². The summed E-state index contributed by atoms with van der Waals surface area (Å²) >= 11 is 7.49. The highest BCUT2D eigenvalue weighted by atomic mass is 35.5. The van der Waals surface area contributed by atoms with E-state index in [9.17, 15) is 4.79 Å². The Bertz CT molecular complexity index is 959. The lowest BCUT2D eigenvalue weighted by Crippen LogP contribution is -2.28. The Kier molecular flexibility index (Phi) is 6.13. The van der Waals surface area contributed by atoms with Gasteiger partial charge in [-0.25, -0.2) is 0 Å². The second-order valence-corrected chi connectivity index (χ2v) is 7.54. The van der Waals surface area contributed by atoms with E-state index in [1.807, 2.05) is 63.2 Å². The molecule has 1 aromatic heterocycles. The Balaban J connectivity index is 1.66. The van der Waals surface area contributed by atoms with Gasteiger partial charge in [-0.1, -0.05) is 53.7 Å². The number of carbonyl (C=O) groups excluding carboxylic acids is 1. The summed E-state index contributed by atoms with van der Waals surface area (Å²) in [5, 5.41) is 16.0. The zero-order chi connectivity index (χ0) is 19.4. The highest BCUT2D eigenvalue weighted by molar-refractivity contribution is 7.99. The number of aromatic nitrogens is 4. The van der Waals surface area contributed by atoms with Gasteiger partial charge < -0.3 is 5.32 Å². The number of halogens is 1. The molecule has 1 amide bonds. The summed E-state index contributed by atoms with van der Waals surface area (Å²) < 4.78 is 1.66. The molecule has 0 saturated carbocycles. The van der Waals surface area contributed by atoms with Gasteiger partial charge in [0.2, 0.25) is 11.1 Å². The van der Waals surface area contributed by atoms with Crippen LogP contribution in [0.15, 0.2) is 47.6 Å². The van der Waals surface area contributed by atoms with Crippen molar-refractivity contribution < 1.29 is 4.79 Å². The summed E-state index contributed by atoms with van der Waals surface area (Å²) in [7, 11) is 0. The smallest absolute Gasteiger partial charge is 0.230 e. The van der Waals surface area contributed by atoms with E-state index in [0.29, 0.717) is 10.2 Å². The number of hydrogen-bond donors (Lipinski definition) is 1. The molecule has 8 heteroatoms. The van der Waals surface area contributed by atoms with Gasteiger partial charge in [-0.05, 0) is 60.0 Å². The molecule has 1 atom stereocenters. The van der Waals surface area contributed by atoms with Crippen LogP contribution in [0.3, 0.4) is 0 Å². The van der Waals surface area contributed by atoms with Crippen molar-refractivity contribution in [3.63, 3.8) is 0 Å². The van der Waals surface area contributed by atoms with E-state index in [-0.39, 0.29) is 17.7 Å². The average molecular weight is 402 g/mol. The molecule has 0 bridgehead atoms. The molecule has 0 unspecified atom stereocenters. The second-order valence-electron chi connectivity index (χ2n) is 6.19. The van der Waals surface area contributed by atoms with E-state index < -0.39 is 0 Å². The third kappa shape index (κ3) is 4.48. The van der Waals surface area contributed by atoms with Crippen molar-refractivity contribution in [2.24, 2.45) is 0 Å². The van der Waals surface area contributed by atoms with Gasteiger partial charge in [0.1, 0.15) is 0 Å². The van der Waals surface area contributed by atoms with Gasteiger partial charge in [-0.2, -0.15) is 4.68 Å². The summed E-state index contributed by atoms with van der Waals surface area (Å²) in [4.78, 5) is 12.3. The van der Waals surface area contributed by atoms with Gasteiger partial charge >= 0.3 is 0 Å². The largest absolute Gasteiger partial charge is 0.349 e. The van der Waals surface area contributed by atoms with Crippen LogP contribution in [0, 0.1) is 13.8 Å². The van der Waals surface area contributed by atoms with Crippen LogP contribution < -0.4 is 5.32 Å². The van der Waals surface area contributed by atoms with E-state index in [0.717, 1.165) is 22.4 Å². The molecule has 6 nitrogen and oxygen atoms in total. The highest BCUT2D eigenvalue weighted by Crippen LogP contribution is 2.24. The highest BCUT2D eigenvalue weighted by Gasteiger charge is 2.16. The number of nitrogens with one attached hydrogen (secondary N) is 1. The molecule has 0 radical (unpaired) electrons. The molecule has 140 valence electrons. The molecule has 2 aromatic carbocycles. The van der Waals surface area contributed by atoms with E-state index >= 15 is 0 Å². The molecule has 3 aromatic rings. The van der Waals surface area contributed by atoms with Crippen LogP contribution in [0.2, 0.25) is 5.02 Å². The number of thioether (sulfide) groups is 1. The third-order valence-electron chi connectivity index (χ3n) is 4.33. The van der Waals surface area contributed by atoms with Crippen molar-refractivity contribution in [2.45, 2.75) is 32.0 Å². The van der Waals surface area contributed by atoms with Crippen molar-refractivity contribution in [2.75, 3.05) is 5.75 Å². The predicted octanol–water partition coefficient (Wildman–Crippen LogP) is 3.90. The van der Waals surface area contributed by atoms with Crippen LogP contribution >= 0.6 is 23.4 Å². The molecule has 3 rings (SSSR count). The quantitative estimate of drug-likeness (QED) is 0.634. The second kappa shape index (κ2) is 8.54. The maximum atomic E-state index is 12.3. The molecular formula is C19H20ClN5OS. The minimum absolute atomic E-state index is 0.108. The monoisotopic (exact) mass is 401 g/mol. The van der Waals surface area contributed by atoms with E-state index in [1.165, 1.54) is 11.8 Å². The normalized spacial score (nSPS) is 12.0. The molecule has 0 aliphatic heterocycles. The minimum atomic E-state index is -0.179. The molecule has 27 heavy (non-hydrogen) atoms. The van der Waals surface area contributed by atoms with Crippen molar-refractivity contribution in [3.05, 3.63) is 64.2 Å². The SMILES string of the molecule is Cc1cccc(-n2nnnc2SCC(=O)N[C@@H](C)c2ccccc2Cl)c1C. The maximum Gasteiger partial charge on any atom is 0.230 e. The molecule has 0 fully saturated rings. The number of rotatable bonds is 6. The molecular weight excluding hydrogens is 382 g/mol. The van der Waals surface area contributed by atoms with Gasteiger partial charge in [-0.3, -0.25) is 4.79 Å². The Morgan fingerprint density at radius 2 is 2.00 bits per heavy atom. The first-order valence-electron chi connectivity index (χ1n) is 8.49. The Labute approximate surface area is 167 Å². The standard InChI is InChI=1S/C19H20ClN5OS/c1-12-7-6-10-17(13(12)2)25-19(22-23-24-25)27-11-18(26)21-14(3)15-8-4-5-9-16(15)20/h4-10,14H,11H2,1-3H3,(H,21,26)/t14-/m0/s1. The molecule has 0 spiro atoms. The van der Waals surface area contributed by atoms with Crippen LogP contribution in [0.25, 0.3) is 5.69 Å². The fraction of sp³-hybridized carbons (Fsp3) is 0.263. The fourth-order valence-corrected chi connectivity index (χ4v) is 3.70. The Morgan fingerprint density at radius 3 is 2.78 bits per heavy atom. The molecule has 0 aliphatic rings. The topological polar surface area (TPSA) is 72.7 Å². The number of carbonyl (C=O) groups is 1. The lowest BCUT2D eigenvalue weighted by molar-refractivity contribution is -0.119. The van der Waals surface area contributed by atoms with Crippen LogP contribution in [-0.2, 0) is 4.79 Å². The fourth-order valence-electron chi connectivity index (χ4n) is 2.70. The molecule has 1 N–H and O–H groups in total. The summed E-state index contributed by atoms with van der Waals surface area (Å²) in [5.41, 5.74) is 4.05. The number of tetrazole rings is 1. The lowest BCUT2D eigenvalue weighted by Gasteiger charge is -2.15. The average Bonchev–Trinajstić information content (AvgIpc) is 3.11. The lowest BCUT2D eigenvalue weighted by atomic mass is 10.1. The summed E-state index contributed by atoms with van der Waals surface area (Å²) in [6.07, 6.45) is 0. The van der Waals surface area contributed by atoms with E-state index in [4.69, 9.17) is 11.6 Å². The number of aryl methyl sites for hydroxylation is 1. The van der Waals surface area contributed by atoms with Gasteiger partial charge in [0.05, 0.1) is 17.5 Å². The van der Waals surface area contributed by atoms with Gasteiger partial charge in [-0.15, -0.1) is 5.10 Å². The number of hydrogen-bond acceptors (Lipinski definition) is 5. The minimum Gasteiger partial charge on any atom is -0.349 e. The van der Waals surface area contributed by atoms with Gasteiger partial charge in [0.25, 0.3) is 0 Å². The Hall–Kier alpha value is -2.38. The molecule has 0 saturated heterocycles. The van der Waals surface area contributed by atoms with Gasteiger partial charge in [0.15, 0.2) is 0 Å². The van der Waals surface area contributed by atoms with Crippen molar-refractivity contribution in [3.8, 4) is 5.69 Å². The van der Waals surface area contributed by atoms with E-state index in [2.05, 4.69) is 20.8 Å². The zero-order valence-corrected chi connectivity index (χ0v) is 16.9. The van der Waals surface area contributed by atoms with Crippen LogP contribution in [0.4, 0.5) is 0 Å². The summed E-state index contributed by atoms with van der Waals surface area (Å²) in [6, 6.07) is 13.3. The van der Waals surface area contributed by atoms with Crippen molar-refractivity contribution in [1.29, 1.82) is 0 Å².